The van der Waals surface area contributed by atoms with E-state index >= 15 is 0 Å². The molecule has 696 valence electrons. The molecule has 29 heteroatoms. The molecule has 0 spiro atoms. The minimum absolute atomic E-state index is 0.0368. The smallest absolute Gasteiger partial charge is 0.348 e. The van der Waals surface area contributed by atoms with Gasteiger partial charge in [0.2, 0.25) is 17.7 Å². The number of ketones is 1. The first kappa shape index (κ1) is 102. The van der Waals surface area contributed by atoms with Crippen LogP contribution in [-0.4, -0.2) is 126 Å². The number of amides is 5. The maximum Gasteiger partial charge on any atom is 0.348 e. The molecule has 3 aliphatic heterocycles. The Bertz CT molecular complexity index is 6270. The molecule has 7 aromatic heterocycles. The van der Waals surface area contributed by atoms with E-state index in [1.54, 1.807) is 83.0 Å². The fraction of sp³-hybridized carbons (Fsp3) is 0.337. The lowest BCUT2D eigenvalue weighted by Gasteiger charge is -2.28. The van der Waals surface area contributed by atoms with E-state index in [4.69, 9.17) is 9.47 Å². The molecule has 29 nitrogen and oxygen atoms in total. The number of aromatic nitrogens is 14. The molecule has 0 bridgehead atoms. The fourth-order valence-corrected chi connectivity index (χ4v) is 13.3. The van der Waals surface area contributed by atoms with Crippen LogP contribution in [0.1, 0.15) is 235 Å². The first-order valence-corrected chi connectivity index (χ1v) is 44.6. The summed E-state index contributed by atoms with van der Waals surface area (Å²) in [5.41, 5.74) is 14.9. The molecule has 0 saturated heterocycles. The maximum atomic E-state index is 12.6. The quantitative estimate of drug-likeness (QED) is 0.0304. The number of carbonyl (C=O) groups is 5. The van der Waals surface area contributed by atoms with Gasteiger partial charge in [0.15, 0.2) is 28.4 Å². The number of allylic oxidation sites excluding steroid dienone is 4. The van der Waals surface area contributed by atoms with E-state index in [1.165, 1.54) is 6.33 Å². The monoisotopic (exact) mass is 1800 g/mol. The molecule has 12 aromatic rings. The second-order valence-corrected chi connectivity index (χ2v) is 35.3. The van der Waals surface area contributed by atoms with E-state index in [-0.39, 0.29) is 109 Å². The zero-order valence-corrected chi connectivity index (χ0v) is 80.2. The highest BCUT2D eigenvalue weighted by Crippen LogP contribution is 2.34. The van der Waals surface area contributed by atoms with E-state index in [0.29, 0.717) is 69.9 Å². The number of nitrogens with zero attached hydrogens (tertiary/aromatic N) is 17. The average molecular weight is 1800 g/mol. The Labute approximate surface area is 779 Å². The van der Waals surface area contributed by atoms with Gasteiger partial charge in [-0.2, -0.15) is 19.9 Å². The van der Waals surface area contributed by atoms with Gasteiger partial charge < -0.3 is 33.8 Å². The number of carbonyl (C=O) groups excluding carboxylic acids is 5. The van der Waals surface area contributed by atoms with E-state index in [9.17, 15) is 33.6 Å². The van der Waals surface area contributed by atoms with E-state index in [1.807, 2.05) is 257 Å². The molecule has 0 aliphatic carbocycles. The van der Waals surface area contributed by atoms with Crippen molar-refractivity contribution in [2.45, 2.75) is 225 Å². The van der Waals surface area contributed by atoms with Crippen LogP contribution in [0.25, 0.3) is 33.5 Å². The lowest BCUT2D eigenvalue weighted by atomic mass is 9.97. The van der Waals surface area contributed by atoms with Gasteiger partial charge in [0.05, 0.1) is 60.0 Å². The first-order valence-electron chi connectivity index (χ1n) is 44.6. The number of ether oxygens (including phenoxy) is 2. The first-order chi connectivity index (χ1) is 63.1. The van der Waals surface area contributed by atoms with Gasteiger partial charge in [-0.1, -0.05) is 167 Å². The zero-order valence-electron chi connectivity index (χ0n) is 80.2. The Morgan fingerprint density at radius 3 is 1.62 bits per heavy atom. The molecule has 0 fully saturated rings. The SMILES string of the molecule is C=C(Cc1ccn(C(C)C)c(=O)n1)c1ccccc1.C=C(Cc1nc(=O)n(C(C)C)cc1C)c1ccccc1.C=C1C=CN(C(C)C)C(=O)N1.C=C1NC(=O)N(C(C)C)C=C1C.CC(C)n1cnc2c(CC(=O)c3ccccc3)ncnc21.CC(C)n1cnc2c(OCc3ccc(OC(=O)C(C)(C)C)cc3)nc(NC(=O)Cc3ccccc3)nc21.CC1CC=Nc2c1ncn2C(C)C. The number of anilines is 1. The van der Waals surface area contributed by atoms with Gasteiger partial charge in [0, 0.05) is 109 Å². The van der Waals surface area contributed by atoms with Crippen molar-refractivity contribution >= 4 is 81.2 Å². The summed E-state index contributed by atoms with van der Waals surface area (Å²) in [6.45, 7) is 55.4. The third kappa shape index (κ3) is 29.1. The molecule has 5 aromatic carbocycles. The van der Waals surface area contributed by atoms with Crippen LogP contribution in [0, 0.1) is 12.3 Å². The van der Waals surface area contributed by atoms with Gasteiger partial charge in [-0.3, -0.25) is 38.6 Å². The van der Waals surface area contributed by atoms with Crippen molar-refractivity contribution in [2.24, 2.45) is 10.4 Å². The van der Waals surface area contributed by atoms with E-state index in [0.717, 1.165) is 79.5 Å². The number of aliphatic imine (C=N–C) groups is 1. The summed E-state index contributed by atoms with van der Waals surface area (Å²) in [7, 11) is 0. The molecule has 0 saturated carbocycles. The van der Waals surface area contributed by atoms with E-state index < -0.39 is 5.41 Å². The lowest BCUT2D eigenvalue weighted by Crippen LogP contribution is -2.43. The third-order valence-corrected chi connectivity index (χ3v) is 21.2. The number of hydrogen-bond acceptors (Lipinski definition) is 19. The summed E-state index contributed by atoms with van der Waals surface area (Å²) in [4.78, 5) is 130. The highest BCUT2D eigenvalue weighted by molar-refractivity contribution is 5.99. The molecule has 1 atom stereocenters. The van der Waals surface area contributed by atoms with Gasteiger partial charge in [0.1, 0.15) is 24.2 Å². The summed E-state index contributed by atoms with van der Waals surface area (Å²) in [5.74, 6) is 1.95. The van der Waals surface area contributed by atoms with Crippen molar-refractivity contribution < 1.29 is 33.4 Å². The Kier molecular flexibility index (Phi) is 36.6. The Morgan fingerprint density at radius 2 is 1.06 bits per heavy atom. The largest absolute Gasteiger partial charge is 0.471 e. The zero-order chi connectivity index (χ0) is 97.1. The highest BCUT2D eigenvalue weighted by Gasteiger charge is 2.27. The number of nitrogens with one attached hydrogen (secondary N) is 3. The molecule has 5 amide bonds. The summed E-state index contributed by atoms with van der Waals surface area (Å²) < 4.78 is 20.7. The van der Waals surface area contributed by atoms with Crippen molar-refractivity contribution in [3.8, 4) is 11.6 Å². The molecule has 3 aliphatic rings. The van der Waals surface area contributed by atoms with Crippen LogP contribution >= 0.6 is 0 Å². The Morgan fingerprint density at radius 1 is 0.526 bits per heavy atom. The number of fused-ring (bicyclic) bond motifs is 3. The molecule has 0 radical (unpaired) electrons. The van der Waals surface area contributed by atoms with Gasteiger partial charge in [-0.25, -0.2) is 49.1 Å². The number of rotatable bonds is 23. The fourth-order valence-electron chi connectivity index (χ4n) is 13.3. The summed E-state index contributed by atoms with van der Waals surface area (Å²) >= 11 is 0. The van der Waals surface area contributed by atoms with Gasteiger partial charge in [0.25, 0.3) is 0 Å². The van der Waals surface area contributed by atoms with Gasteiger partial charge in [-0.15, -0.1) is 0 Å². The van der Waals surface area contributed by atoms with E-state index in [2.05, 4.69) is 131 Å². The number of imidazole rings is 3. The Hall–Kier alpha value is -14.8. The topological polar surface area (TPSA) is 334 Å². The van der Waals surface area contributed by atoms with Crippen molar-refractivity contribution in [2.75, 3.05) is 5.32 Å². The van der Waals surface area contributed by atoms with Crippen LogP contribution in [0.5, 0.6) is 11.6 Å². The highest BCUT2D eigenvalue weighted by atomic mass is 16.5. The molecule has 133 heavy (non-hydrogen) atoms. The predicted molar refractivity (Wildman–Crippen MR) is 527 cm³/mol. The van der Waals surface area contributed by atoms with Crippen molar-refractivity contribution in [3.05, 3.63) is 328 Å². The van der Waals surface area contributed by atoms with Gasteiger partial charge >= 0.3 is 29.4 Å². The van der Waals surface area contributed by atoms with Crippen molar-refractivity contribution in [1.82, 2.24) is 88.1 Å². The summed E-state index contributed by atoms with van der Waals surface area (Å²) in [6.07, 6.45) is 20.5. The number of esters is 1. The number of urea groups is 2. The molecular formula is C104H126N20O9. The van der Waals surface area contributed by atoms with Crippen molar-refractivity contribution in [1.29, 1.82) is 0 Å². The lowest BCUT2D eigenvalue weighted by molar-refractivity contribution is -0.143. The van der Waals surface area contributed by atoms with Crippen LogP contribution < -0.4 is 36.8 Å². The standard InChI is InChI=1S/C28H31N5O4.C17H20N2O.C16H16N4O.C16H18N2O.C10H15N3.C9H14N2O.C8H12N2O/c1-18(2)33-17-29-23-24(33)31-27(30-22(34)15-19-9-7-6-8-10-19)32-25(23)36-16-20-11-13-21(14-12-20)37-26(35)28(3,4)5;1-12(2)19-11-14(4)16(18-17(19)20)10-13(3)15-8-6-5-7-9-15;1-11(2)20-10-19-15-13(17-9-18-16(15)20)8-14(21)12-6-4-3-5-7-12;1-12(2)18-10-9-15(17-16(18)19)11-13(3)14-7-5-4-6-8-14;1-7(2)13-6-12-9-8(3)4-5-11-10(9)13;1-6(2)11-5-7(3)8(4)10-9(11)12;1-6(2)10-5-4-7(3)9-8(10)11/h6-14,17-18H,15-16H2,1-5H3,(H,30,31,32,34);5-9,11-12H,3,10H2,1-2,4H3;3-7,9-11H,8H2,1-2H3;4-10,12H,3,11H2,1-2H3;5-8H,4H2,1-3H3;5-6H,4H2,1-3H3,(H,10,12);4-6H,3H2,1-2H3,(H,9,11). The third-order valence-electron chi connectivity index (χ3n) is 21.2. The maximum absolute atomic E-state index is 12.6. The van der Waals surface area contributed by atoms with Crippen LogP contribution in [0.15, 0.2) is 266 Å². The van der Waals surface area contributed by atoms with Crippen LogP contribution in [0.2, 0.25) is 0 Å². The number of hydrogen-bond donors (Lipinski definition) is 3. The van der Waals surface area contributed by atoms with Crippen LogP contribution in [0.3, 0.4) is 0 Å². The molecule has 3 N–H and O–H groups in total. The normalized spacial score (nSPS) is 13.2. The molecule has 1 unspecified atom stereocenters. The molecule has 15 rings (SSSR count). The molecular weight excluding hydrogens is 1670 g/mol. The minimum atomic E-state index is -0.590. The second-order valence-electron chi connectivity index (χ2n) is 35.3. The van der Waals surface area contributed by atoms with Crippen LogP contribution in [0.4, 0.5) is 21.4 Å². The minimum Gasteiger partial charge on any atom is -0.471 e. The average Bonchev–Trinajstić information content (AvgIpc) is 1.73. The molecule has 10 heterocycles. The van der Waals surface area contributed by atoms with Gasteiger partial charge in [-0.05, 0) is 207 Å². The van der Waals surface area contributed by atoms with Crippen LogP contribution in [-0.2, 0) is 41.9 Å². The predicted octanol–water partition coefficient (Wildman–Crippen LogP) is 20.4. The number of aryl methyl sites for hydroxylation is 1. The Balaban J connectivity index is 0.000000182. The van der Waals surface area contributed by atoms with Crippen molar-refractivity contribution in [3.63, 3.8) is 0 Å². The number of Topliss-reactive ketones (excluding diaryl/α,β-unsaturated/α-hetero) is 1. The summed E-state index contributed by atoms with van der Waals surface area (Å²) in [6, 6.07) is 48.8. The summed E-state index contributed by atoms with van der Waals surface area (Å²) in [5, 5.41) is 8.09. The number of benzene rings is 5. The second kappa shape index (κ2) is 47.7.